The maximum Gasteiger partial charge on any atom is 0.305 e. The zero-order chi connectivity index (χ0) is 18.5. The summed E-state index contributed by atoms with van der Waals surface area (Å²) in [6.45, 7) is 3.70. The van der Waals surface area contributed by atoms with Gasteiger partial charge in [-0.1, -0.05) is 6.07 Å². The molecule has 3 heterocycles. The summed E-state index contributed by atoms with van der Waals surface area (Å²) in [6, 6.07) is 10.1. The summed E-state index contributed by atoms with van der Waals surface area (Å²) < 4.78 is 6.97. The second-order valence-electron chi connectivity index (χ2n) is 6.22. The molecule has 0 aromatic carbocycles. The monoisotopic (exact) mass is 372 g/mol. The van der Waals surface area contributed by atoms with Gasteiger partial charge in [-0.3, -0.25) is 9.78 Å². The molecule has 1 N–H and O–H groups in total. The highest BCUT2D eigenvalue weighted by molar-refractivity contribution is 7.80. The van der Waals surface area contributed by atoms with Crippen molar-refractivity contribution in [3.63, 3.8) is 0 Å². The predicted molar refractivity (Wildman–Crippen MR) is 104 cm³/mol. The minimum Gasteiger partial charge on any atom is -0.469 e. The lowest BCUT2D eigenvalue weighted by atomic mass is 10.0. The van der Waals surface area contributed by atoms with Gasteiger partial charge in [0.25, 0.3) is 0 Å². The van der Waals surface area contributed by atoms with Crippen LogP contribution >= 0.6 is 12.2 Å². The van der Waals surface area contributed by atoms with Crippen LogP contribution in [0.25, 0.3) is 0 Å². The first kappa shape index (κ1) is 18.4. The lowest BCUT2D eigenvalue weighted by Crippen LogP contribution is -2.31. The van der Waals surface area contributed by atoms with Crippen LogP contribution in [-0.2, 0) is 16.1 Å². The third kappa shape index (κ3) is 3.72. The van der Waals surface area contributed by atoms with Gasteiger partial charge < -0.3 is 19.5 Å². The summed E-state index contributed by atoms with van der Waals surface area (Å²) in [6.07, 6.45) is 4.95. The minimum absolute atomic E-state index is 0.0259. The predicted octanol–water partition coefficient (Wildman–Crippen LogP) is 2.83. The van der Waals surface area contributed by atoms with Crippen LogP contribution in [0.2, 0.25) is 0 Å². The summed E-state index contributed by atoms with van der Waals surface area (Å²) in [4.78, 5) is 18.2. The third-order valence-electron chi connectivity index (χ3n) is 4.71. The molecule has 1 aliphatic heterocycles. The zero-order valence-electron chi connectivity index (χ0n) is 15.1. The Kier molecular flexibility index (Phi) is 5.88. The smallest absolute Gasteiger partial charge is 0.305 e. The second-order valence-corrected chi connectivity index (χ2v) is 6.61. The molecule has 6 nitrogen and oxygen atoms in total. The van der Waals surface area contributed by atoms with E-state index >= 15 is 0 Å². The van der Waals surface area contributed by atoms with Crippen molar-refractivity contribution in [1.82, 2.24) is 19.8 Å². The van der Waals surface area contributed by atoms with Crippen LogP contribution < -0.4 is 5.32 Å². The maximum absolute atomic E-state index is 11.5. The number of pyridine rings is 1. The van der Waals surface area contributed by atoms with Crippen LogP contribution in [0.1, 0.15) is 43.2 Å². The topological polar surface area (TPSA) is 59.4 Å². The van der Waals surface area contributed by atoms with Crippen LogP contribution in [0.15, 0.2) is 42.7 Å². The summed E-state index contributed by atoms with van der Waals surface area (Å²) >= 11 is 5.62. The van der Waals surface area contributed by atoms with Gasteiger partial charge in [0.1, 0.15) is 0 Å². The van der Waals surface area contributed by atoms with Gasteiger partial charge in [-0.25, -0.2) is 0 Å². The maximum atomic E-state index is 11.5. The zero-order valence-corrected chi connectivity index (χ0v) is 15.9. The molecular formula is C19H24N4O2S. The Bertz CT molecular complexity index is 762. The summed E-state index contributed by atoms with van der Waals surface area (Å²) in [7, 11) is 1.42. The van der Waals surface area contributed by atoms with Crippen molar-refractivity contribution >= 4 is 23.3 Å². The summed E-state index contributed by atoms with van der Waals surface area (Å²) in [5.74, 6) is -0.196. The second kappa shape index (κ2) is 8.31. The van der Waals surface area contributed by atoms with Gasteiger partial charge in [0.05, 0.1) is 24.9 Å². The van der Waals surface area contributed by atoms with Crippen LogP contribution in [0.3, 0.4) is 0 Å². The molecule has 0 saturated carbocycles. The molecular weight excluding hydrogens is 348 g/mol. The average Bonchev–Trinajstić information content (AvgIpc) is 3.26. The molecule has 7 heteroatoms. The number of nitrogens with one attached hydrogen (secondary N) is 1. The molecule has 0 radical (unpaired) electrons. The number of hydrogen-bond acceptors (Lipinski definition) is 4. The highest BCUT2D eigenvalue weighted by atomic mass is 32.1. The molecule has 2 atom stereocenters. The van der Waals surface area contributed by atoms with E-state index in [9.17, 15) is 4.79 Å². The van der Waals surface area contributed by atoms with Gasteiger partial charge in [0, 0.05) is 37.6 Å². The van der Waals surface area contributed by atoms with Gasteiger partial charge in [0.15, 0.2) is 5.11 Å². The van der Waals surface area contributed by atoms with E-state index in [1.165, 1.54) is 12.8 Å². The van der Waals surface area contributed by atoms with Crippen molar-refractivity contribution in [3.8, 4) is 0 Å². The Morgan fingerprint density at radius 3 is 2.88 bits per heavy atom. The average molecular weight is 372 g/mol. The van der Waals surface area contributed by atoms with Crippen molar-refractivity contribution in [3.05, 3.63) is 54.1 Å². The van der Waals surface area contributed by atoms with Crippen molar-refractivity contribution in [2.24, 2.45) is 0 Å². The number of carbonyl (C=O) groups is 1. The van der Waals surface area contributed by atoms with E-state index in [1.807, 2.05) is 18.2 Å². The van der Waals surface area contributed by atoms with E-state index in [1.54, 1.807) is 6.20 Å². The van der Waals surface area contributed by atoms with Gasteiger partial charge in [-0.05, 0) is 49.8 Å². The van der Waals surface area contributed by atoms with Crippen LogP contribution in [0.4, 0.5) is 0 Å². The molecule has 1 fully saturated rings. The molecule has 138 valence electrons. The fraction of sp³-hybridized carbons (Fsp3) is 0.421. The van der Waals surface area contributed by atoms with E-state index < -0.39 is 0 Å². The van der Waals surface area contributed by atoms with Gasteiger partial charge >= 0.3 is 5.97 Å². The molecule has 2 aromatic heterocycles. The van der Waals surface area contributed by atoms with E-state index in [4.69, 9.17) is 17.0 Å². The molecule has 0 aliphatic carbocycles. The van der Waals surface area contributed by atoms with Crippen LogP contribution in [0, 0.1) is 0 Å². The Hall–Kier alpha value is -2.41. The quantitative estimate of drug-likeness (QED) is 0.596. The lowest BCUT2D eigenvalue weighted by Gasteiger charge is -2.28. The number of hydrogen-bond donors (Lipinski definition) is 1. The summed E-state index contributed by atoms with van der Waals surface area (Å²) in [5, 5.41) is 4.12. The van der Waals surface area contributed by atoms with Crippen LogP contribution in [0.5, 0.6) is 0 Å². The van der Waals surface area contributed by atoms with E-state index in [2.05, 4.69) is 45.0 Å². The first-order valence-corrected chi connectivity index (χ1v) is 9.26. The molecule has 2 aromatic rings. The largest absolute Gasteiger partial charge is 0.469 e. The summed E-state index contributed by atoms with van der Waals surface area (Å²) in [5.41, 5.74) is 2.15. The SMILES string of the molecule is CCn1cccc1[C@H]1[C@H](c2ccccn2)NC(=S)N1CCCC(=O)OC. The highest BCUT2D eigenvalue weighted by Gasteiger charge is 2.40. The number of methoxy groups -OCH3 is 1. The van der Waals surface area contributed by atoms with Gasteiger partial charge in [0.2, 0.25) is 0 Å². The lowest BCUT2D eigenvalue weighted by molar-refractivity contribution is -0.140. The molecule has 26 heavy (non-hydrogen) atoms. The Labute approximate surface area is 159 Å². The number of carbonyl (C=O) groups excluding carboxylic acids is 1. The van der Waals surface area contributed by atoms with Gasteiger partial charge in [-0.15, -0.1) is 0 Å². The number of ether oxygens (including phenoxy) is 1. The highest BCUT2D eigenvalue weighted by Crippen LogP contribution is 2.38. The van der Waals surface area contributed by atoms with Gasteiger partial charge in [-0.2, -0.15) is 0 Å². The first-order valence-electron chi connectivity index (χ1n) is 8.85. The Morgan fingerprint density at radius 2 is 2.19 bits per heavy atom. The van der Waals surface area contributed by atoms with Crippen molar-refractivity contribution < 1.29 is 9.53 Å². The normalized spacial score (nSPS) is 19.5. The molecule has 0 amide bonds. The van der Waals surface area contributed by atoms with E-state index in [-0.39, 0.29) is 18.1 Å². The number of rotatable bonds is 7. The Morgan fingerprint density at radius 1 is 1.35 bits per heavy atom. The molecule has 1 saturated heterocycles. The van der Waals surface area contributed by atoms with E-state index in [0.717, 1.165) is 12.2 Å². The third-order valence-corrected chi connectivity index (χ3v) is 5.07. The van der Waals surface area contributed by atoms with Crippen molar-refractivity contribution in [1.29, 1.82) is 0 Å². The molecule has 1 aliphatic rings. The number of aromatic nitrogens is 2. The van der Waals surface area contributed by atoms with Crippen LogP contribution in [-0.4, -0.2) is 39.2 Å². The fourth-order valence-corrected chi connectivity index (χ4v) is 3.78. The van der Waals surface area contributed by atoms with Crippen molar-refractivity contribution in [2.75, 3.05) is 13.7 Å². The number of nitrogens with zero attached hydrogens (tertiary/aromatic N) is 3. The number of esters is 1. The molecule has 3 rings (SSSR count). The minimum atomic E-state index is -0.196. The number of thiocarbonyl (C=S) groups is 1. The molecule has 0 bridgehead atoms. The first-order chi connectivity index (χ1) is 12.7. The number of aryl methyl sites for hydroxylation is 1. The van der Waals surface area contributed by atoms with Crippen molar-refractivity contribution in [2.45, 2.75) is 38.4 Å². The standard InChI is InChI=1S/C19H24N4O2S/c1-3-22-12-6-9-15(22)18-17(14-8-4-5-11-20-14)21-19(26)23(18)13-7-10-16(24)25-2/h4-6,8-9,11-12,17-18H,3,7,10,13H2,1-2H3,(H,21,26)/t17-,18-/m0/s1. The fourth-order valence-electron chi connectivity index (χ4n) is 3.45. The molecule has 0 spiro atoms. The molecule has 0 unspecified atom stereocenters. The Balaban J connectivity index is 1.89. The van der Waals surface area contributed by atoms with E-state index in [0.29, 0.717) is 24.5 Å².